The van der Waals surface area contributed by atoms with E-state index in [1.54, 1.807) is 0 Å². The number of fused-ring (bicyclic) bond motifs is 7. The Bertz CT molecular complexity index is 3210. The Morgan fingerprint density at radius 1 is 0.315 bits per heavy atom. The lowest BCUT2D eigenvalue weighted by atomic mass is 9.95. The second-order valence-electron chi connectivity index (χ2n) is 13.6. The Morgan fingerprint density at radius 2 is 0.926 bits per heavy atom. The molecule has 5 heteroatoms. The molecule has 0 aliphatic heterocycles. The fourth-order valence-electron chi connectivity index (χ4n) is 7.69. The summed E-state index contributed by atoms with van der Waals surface area (Å²) in [6.45, 7) is 0. The average Bonchev–Trinajstić information content (AvgIpc) is 3.82. The molecule has 11 aromatic rings. The summed E-state index contributed by atoms with van der Waals surface area (Å²) in [5.41, 5.74) is 10.2. The zero-order valence-electron chi connectivity index (χ0n) is 28.9. The first-order valence-corrected chi connectivity index (χ1v) is 18.0. The molecule has 11 rings (SSSR count). The Kier molecular flexibility index (Phi) is 6.79. The van der Waals surface area contributed by atoms with Crippen LogP contribution in [0.5, 0.6) is 0 Å². The van der Waals surface area contributed by atoms with Gasteiger partial charge in [-0.25, -0.2) is 15.0 Å². The third-order valence-electron chi connectivity index (χ3n) is 10.3. The molecule has 5 nitrogen and oxygen atoms in total. The molecule has 0 saturated carbocycles. The maximum atomic E-state index is 6.67. The van der Waals surface area contributed by atoms with E-state index in [9.17, 15) is 0 Å². The number of hydrogen-bond donors (Lipinski definition) is 0. The number of para-hydroxylation sites is 2. The number of nitrogens with zero attached hydrogens (tertiary/aromatic N) is 3. The van der Waals surface area contributed by atoms with Gasteiger partial charge in [0.2, 0.25) is 0 Å². The van der Waals surface area contributed by atoms with Crippen molar-refractivity contribution in [1.82, 2.24) is 15.0 Å². The second kappa shape index (κ2) is 12.1. The molecule has 0 unspecified atom stereocenters. The summed E-state index contributed by atoms with van der Waals surface area (Å²) < 4.78 is 13.0. The van der Waals surface area contributed by atoms with Crippen LogP contribution in [0, 0.1) is 0 Å². The van der Waals surface area contributed by atoms with Gasteiger partial charge in [-0.2, -0.15) is 0 Å². The van der Waals surface area contributed by atoms with Crippen molar-refractivity contribution in [2.45, 2.75) is 0 Å². The predicted octanol–water partition coefficient (Wildman–Crippen LogP) is 13.2. The van der Waals surface area contributed by atoms with Gasteiger partial charge in [0.05, 0.1) is 5.56 Å². The summed E-state index contributed by atoms with van der Waals surface area (Å²) in [4.78, 5) is 15.6. The van der Waals surface area contributed by atoms with Crippen LogP contribution in [0.25, 0.3) is 111 Å². The molecule has 252 valence electrons. The van der Waals surface area contributed by atoms with Crippen LogP contribution in [0.2, 0.25) is 0 Å². The topological polar surface area (TPSA) is 65.0 Å². The van der Waals surface area contributed by atoms with E-state index < -0.39 is 0 Å². The zero-order valence-corrected chi connectivity index (χ0v) is 28.9. The number of hydrogen-bond acceptors (Lipinski definition) is 5. The number of benzene rings is 8. The Balaban J connectivity index is 1.17. The van der Waals surface area contributed by atoms with Gasteiger partial charge in [0.25, 0.3) is 0 Å². The van der Waals surface area contributed by atoms with Crippen molar-refractivity contribution in [2.24, 2.45) is 0 Å². The minimum Gasteiger partial charge on any atom is -0.456 e. The molecule has 0 fully saturated rings. The van der Waals surface area contributed by atoms with Crippen molar-refractivity contribution >= 4 is 54.6 Å². The van der Waals surface area contributed by atoms with Gasteiger partial charge >= 0.3 is 0 Å². The highest BCUT2D eigenvalue weighted by molar-refractivity contribution is 6.15. The maximum absolute atomic E-state index is 6.67. The van der Waals surface area contributed by atoms with Crippen LogP contribution in [0.4, 0.5) is 0 Å². The molecule has 0 spiro atoms. The number of furan rings is 2. The maximum Gasteiger partial charge on any atom is 0.167 e. The Hall–Kier alpha value is -7.37. The van der Waals surface area contributed by atoms with Gasteiger partial charge in [-0.1, -0.05) is 140 Å². The van der Waals surface area contributed by atoms with Crippen molar-refractivity contribution in [2.75, 3.05) is 0 Å². The third kappa shape index (κ3) is 4.98. The van der Waals surface area contributed by atoms with Crippen LogP contribution in [0.3, 0.4) is 0 Å². The number of aromatic nitrogens is 3. The summed E-state index contributed by atoms with van der Waals surface area (Å²) in [6.07, 6.45) is 0. The first kappa shape index (κ1) is 30.3. The van der Waals surface area contributed by atoms with E-state index in [1.807, 2.05) is 42.5 Å². The molecule has 0 atom stereocenters. The van der Waals surface area contributed by atoms with Gasteiger partial charge in [0.1, 0.15) is 22.3 Å². The zero-order chi connectivity index (χ0) is 35.6. The van der Waals surface area contributed by atoms with Gasteiger partial charge < -0.3 is 8.83 Å². The highest BCUT2D eigenvalue weighted by atomic mass is 16.3. The van der Waals surface area contributed by atoms with Crippen LogP contribution in [0.15, 0.2) is 185 Å². The Labute approximate surface area is 309 Å². The van der Waals surface area contributed by atoms with Crippen LogP contribution in [-0.2, 0) is 0 Å². The van der Waals surface area contributed by atoms with Gasteiger partial charge in [-0.15, -0.1) is 0 Å². The van der Waals surface area contributed by atoms with E-state index in [0.717, 1.165) is 93.6 Å². The van der Waals surface area contributed by atoms with E-state index in [-0.39, 0.29) is 0 Å². The molecular weight excluding hydrogens is 663 g/mol. The van der Waals surface area contributed by atoms with Crippen LogP contribution in [-0.4, -0.2) is 15.0 Å². The first-order chi connectivity index (χ1) is 26.7. The van der Waals surface area contributed by atoms with Crippen LogP contribution in [0.1, 0.15) is 0 Å². The summed E-state index contributed by atoms with van der Waals surface area (Å²) in [6, 6.07) is 60.5. The largest absolute Gasteiger partial charge is 0.456 e. The third-order valence-corrected chi connectivity index (χ3v) is 10.3. The lowest BCUT2D eigenvalue weighted by molar-refractivity contribution is 0.669. The molecule has 0 saturated heterocycles. The van der Waals surface area contributed by atoms with E-state index in [4.69, 9.17) is 23.8 Å². The van der Waals surface area contributed by atoms with Crippen molar-refractivity contribution in [1.29, 1.82) is 0 Å². The number of rotatable bonds is 5. The standard InChI is InChI=1S/C49H29N3O2/c1-2-11-30(12-3-1)32-21-24-33(25-22-32)47-50-48(35-26-23-31-13-4-5-14-34(31)27-35)52-49(51-47)41-29-36(28-40-38-15-6-8-18-42(38)54-46(40)41)37-17-10-20-44-45(37)39-16-7-9-19-43(39)53-44/h1-29H. The molecule has 0 N–H and O–H groups in total. The molecule has 0 radical (unpaired) electrons. The lowest BCUT2D eigenvalue weighted by Crippen LogP contribution is -2.01. The summed E-state index contributed by atoms with van der Waals surface area (Å²) >= 11 is 0. The van der Waals surface area contributed by atoms with Crippen LogP contribution >= 0.6 is 0 Å². The average molecular weight is 692 g/mol. The summed E-state index contributed by atoms with van der Waals surface area (Å²) in [5.74, 6) is 1.70. The van der Waals surface area contributed by atoms with Gasteiger partial charge in [-0.3, -0.25) is 0 Å². The van der Waals surface area contributed by atoms with E-state index in [1.165, 1.54) is 0 Å². The fourth-order valence-corrected chi connectivity index (χ4v) is 7.69. The summed E-state index contributed by atoms with van der Waals surface area (Å²) in [7, 11) is 0. The quantitative estimate of drug-likeness (QED) is 0.180. The normalized spacial score (nSPS) is 11.7. The van der Waals surface area contributed by atoms with Gasteiger partial charge in [0, 0.05) is 32.7 Å². The molecular formula is C49H29N3O2. The van der Waals surface area contributed by atoms with Crippen molar-refractivity contribution in [3.63, 3.8) is 0 Å². The van der Waals surface area contributed by atoms with E-state index >= 15 is 0 Å². The fraction of sp³-hybridized carbons (Fsp3) is 0. The summed E-state index contributed by atoms with van der Waals surface area (Å²) in [5, 5.41) is 6.43. The highest BCUT2D eigenvalue weighted by Gasteiger charge is 2.21. The van der Waals surface area contributed by atoms with Crippen molar-refractivity contribution in [3.05, 3.63) is 176 Å². The lowest BCUT2D eigenvalue weighted by Gasteiger charge is -2.12. The molecule has 0 aliphatic carbocycles. The predicted molar refractivity (Wildman–Crippen MR) is 219 cm³/mol. The minimum atomic E-state index is 0.533. The molecule has 0 aliphatic rings. The highest BCUT2D eigenvalue weighted by Crippen LogP contribution is 2.43. The second-order valence-corrected chi connectivity index (χ2v) is 13.6. The van der Waals surface area contributed by atoms with Crippen LogP contribution < -0.4 is 0 Å². The van der Waals surface area contributed by atoms with Crippen molar-refractivity contribution in [3.8, 4) is 56.4 Å². The molecule has 0 amide bonds. The smallest absolute Gasteiger partial charge is 0.167 e. The molecule has 3 aromatic heterocycles. The molecule has 54 heavy (non-hydrogen) atoms. The Morgan fingerprint density at radius 3 is 1.76 bits per heavy atom. The molecule has 8 aromatic carbocycles. The molecule has 0 bridgehead atoms. The van der Waals surface area contributed by atoms with E-state index in [2.05, 4.69) is 133 Å². The van der Waals surface area contributed by atoms with E-state index in [0.29, 0.717) is 17.5 Å². The minimum absolute atomic E-state index is 0.533. The first-order valence-electron chi connectivity index (χ1n) is 18.0. The van der Waals surface area contributed by atoms with Crippen molar-refractivity contribution < 1.29 is 8.83 Å². The van der Waals surface area contributed by atoms with Gasteiger partial charge in [0.15, 0.2) is 17.5 Å². The molecule has 3 heterocycles. The SMILES string of the molecule is c1ccc(-c2ccc(-c3nc(-c4ccc5ccccc5c4)nc(-c4cc(-c5cccc6oc7ccccc7c56)cc5c4oc4ccccc45)n3)cc2)cc1. The van der Waals surface area contributed by atoms with Gasteiger partial charge in [-0.05, 0) is 69.4 Å². The monoisotopic (exact) mass is 691 g/mol.